The average Bonchev–Trinajstić information content (AvgIpc) is 2.67. The van der Waals surface area contributed by atoms with E-state index in [0.29, 0.717) is 23.6 Å². The van der Waals surface area contributed by atoms with Crippen molar-refractivity contribution in [1.82, 2.24) is 9.97 Å². The first-order valence-corrected chi connectivity index (χ1v) is 7.58. The van der Waals surface area contributed by atoms with Crippen LogP contribution >= 0.6 is 0 Å². The molecule has 0 aliphatic carbocycles. The minimum Gasteiger partial charge on any atom is -0.497 e. The highest BCUT2D eigenvalue weighted by Gasteiger charge is 2.14. The fourth-order valence-electron chi connectivity index (χ4n) is 2.32. The molecule has 0 fully saturated rings. The van der Waals surface area contributed by atoms with Crippen molar-refractivity contribution in [2.24, 2.45) is 0 Å². The van der Waals surface area contributed by atoms with E-state index in [0.717, 1.165) is 11.3 Å². The Balaban J connectivity index is 1.73. The predicted octanol–water partition coefficient (Wildman–Crippen LogP) is 3.43. The Kier molecular flexibility index (Phi) is 4.89. The minimum atomic E-state index is -1.10. The molecule has 0 atom stereocenters. The summed E-state index contributed by atoms with van der Waals surface area (Å²) in [6.45, 7) is 0.389. The summed E-state index contributed by atoms with van der Waals surface area (Å²) in [6.07, 6.45) is 2.84. The van der Waals surface area contributed by atoms with Gasteiger partial charge in [0.25, 0.3) is 0 Å². The van der Waals surface area contributed by atoms with E-state index < -0.39 is 5.97 Å². The summed E-state index contributed by atoms with van der Waals surface area (Å²) in [5.74, 6) is 0.343. The van der Waals surface area contributed by atoms with Crippen LogP contribution in [-0.2, 0) is 6.61 Å². The highest BCUT2D eigenvalue weighted by Crippen LogP contribution is 2.22. The van der Waals surface area contributed by atoms with Crippen molar-refractivity contribution < 1.29 is 19.4 Å². The van der Waals surface area contributed by atoms with Crippen LogP contribution in [0.25, 0.3) is 11.3 Å². The van der Waals surface area contributed by atoms with Gasteiger partial charge in [-0.1, -0.05) is 30.3 Å². The zero-order valence-electron chi connectivity index (χ0n) is 13.5. The van der Waals surface area contributed by atoms with Gasteiger partial charge >= 0.3 is 5.97 Å². The molecule has 1 aromatic heterocycles. The normalized spacial score (nSPS) is 10.3. The maximum atomic E-state index is 11.2. The van der Waals surface area contributed by atoms with E-state index in [1.54, 1.807) is 19.2 Å². The predicted molar refractivity (Wildman–Crippen MR) is 91.8 cm³/mol. The molecule has 0 spiro atoms. The van der Waals surface area contributed by atoms with Gasteiger partial charge in [-0.25, -0.2) is 9.78 Å². The summed E-state index contributed by atoms with van der Waals surface area (Å²) >= 11 is 0. The second kappa shape index (κ2) is 7.44. The van der Waals surface area contributed by atoms with Crippen LogP contribution in [0.2, 0.25) is 0 Å². The summed E-state index contributed by atoms with van der Waals surface area (Å²) in [7, 11) is 1.61. The summed E-state index contributed by atoms with van der Waals surface area (Å²) in [5, 5.41) is 9.20. The van der Waals surface area contributed by atoms with Gasteiger partial charge < -0.3 is 14.6 Å². The molecule has 3 rings (SSSR count). The van der Waals surface area contributed by atoms with Crippen molar-refractivity contribution in [2.75, 3.05) is 7.11 Å². The van der Waals surface area contributed by atoms with E-state index in [-0.39, 0.29) is 5.69 Å². The first-order valence-electron chi connectivity index (χ1n) is 7.58. The lowest BCUT2D eigenvalue weighted by atomic mass is 10.1. The van der Waals surface area contributed by atoms with Crippen molar-refractivity contribution in [3.63, 3.8) is 0 Å². The monoisotopic (exact) mass is 336 g/mol. The number of hydrogen-bond donors (Lipinski definition) is 1. The molecule has 0 saturated heterocycles. The summed E-state index contributed by atoms with van der Waals surface area (Å²) < 4.78 is 10.9. The number of carboxylic acids is 1. The van der Waals surface area contributed by atoms with Crippen LogP contribution < -0.4 is 9.47 Å². The summed E-state index contributed by atoms with van der Waals surface area (Å²) in [4.78, 5) is 19.2. The Morgan fingerprint density at radius 3 is 2.48 bits per heavy atom. The third-order valence-corrected chi connectivity index (χ3v) is 3.57. The van der Waals surface area contributed by atoms with Gasteiger partial charge in [0.15, 0.2) is 5.69 Å². The molecule has 25 heavy (non-hydrogen) atoms. The van der Waals surface area contributed by atoms with Gasteiger partial charge in [0.05, 0.1) is 7.11 Å². The maximum Gasteiger partial charge on any atom is 0.356 e. The second-order valence-corrected chi connectivity index (χ2v) is 5.22. The third kappa shape index (κ3) is 3.92. The van der Waals surface area contributed by atoms with E-state index in [1.807, 2.05) is 36.4 Å². The molecular weight excluding hydrogens is 320 g/mol. The Bertz CT molecular complexity index is 879. The summed E-state index contributed by atoms with van der Waals surface area (Å²) in [5.41, 5.74) is 1.92. The van der Waals surface area contributed by atoms with Crippen LogP contribution in [0.3, 0.4) is 0 Å². The van der Waals surface area contributed by atoms with E-state index >= 15 is 0 Å². The van der Waals surface area contributed by atoms with Gasteiger partial charge in [-0.3, -0.25) is 4.98 Å². The number of benzene rings is 2. The third-order valence-electron chi connectivity index (χ3n) is 3.57. The fraction of sp³-hybridized carbons (Fsp3) is 0.105. The van der Waals surface area contributed by atoms with E-state index in [4.69, 9.17) is 9.47 Å². The number of carboxylic acid groups (broad SMARTS) is 1. The SMILES string of the molecule is COc1cccc(OCc2ccc(-c3nccnc3C(=O)O)cc2)c1. The zero-order valence-corrected chi connectivity index (χ0v) is 13.5. The molecule has 1 N–H and O–H groups in total. The van der Waals surface area contributed by atoms with Crippen LogP contribution in [0.4, 0.5) is 0 Å². The molecular formula is C19H16N2O4. The first kappa shape index (κ1) is 16.4. The van der Waals surface area contributed by atoms with Gasteiger partial charge in [-0.05, 0) is 17.7 Å². The number of ether oxygens (including phenoxy) is 2. The standard InChI is InChI=1S/C19H16N2O4/c1-24-15-3-2-4-16(11-15)25-12-13-5-7-14(8-6-13)17-18(19(22)23)21-10-9-20-17/h2-11H,12H2,1H3,(H,22,23). The second-order valence-electron chi connectivity index (χ2n) is 5.22. The number of rotatable bonds is 6. The zero-order chi connectivity index (χ0) is 17.6. The Morgan fingerprint density at radius 2 is 1.76 bits per heavy atom. The van der Waals surface area contributed by atoms with Gasteiger partial charge in [-0.15, -0.1) is 0 Å². The van der Waals surface area contributed by atoms with Crippen molar-refractivity contribution in [2.45, 2.75) is 6.61 Å². The lowest BCUT2D eigenvalue weighted by molar-refractivity contribution is 0.0691. The maximum absolute atomic E-state index is 11.2. The minimum absolute atomic E-state index is 0.0668. The number of carbonyl (C=O) groups is 1. The first-order chi connectivity index (χ1) is 12.2. The van der Waals surface area contributed by atoms with Gasteiger partial charge in [0.2, 0.25) is 0 Å². The molecule has 0 unspecified atom stereocenters. The summed E-state index contributed by atoms with van der Waals surface area (Å²) in [6, 6.07) is 14.7. The molecule has 0 aliphatic heterocycles. The van der Waals surface area contributed by atoms with E-state index in [2.05, 4.69) is 9.97 Å². The molecule has 0 amide bonds. The molecule has 0 saturated carbocycles. The van der Waals surface area contributed by atoms with Gasteiger partial charge in [0.1, 0.15) is 23.8 Å². The number of aromatic carboxylic acids is 1. The van der Waals surface area contributed by atoms with Crippen LogP contribution in [-0.4, -0.2) is 28.2 Å². The van der Waals surface area contributed by atoms with Crippen molar-refractivity contribution in [1.29, 1.82) is 0 Å². The highest BCUT2D eigenvalue weighted by molar-refractivity contribution is 5.92. The number of nitrogens with zero attached hydrogens (tertiary/aromatic N) is 2. The molecule has 126 valence electrons. The van der Waals surface area contributed by atoms with Crippen LogP contribution in [0.15, 0.2) is 60.9 Å². The van der Waals surface area contributed by atoms with Crippen molar-refractivity contribution >= 4 is 5.97 Å². The molecule has 0 radical (unpaired) electrons. The number of methoxy groups -OCH3 is 1. The van der Waals surface area contributed by atoms with Gasteiger partial charge in [-0.2, -0.15) is 0 Å². The molecule has 0 bridgehead atoms. The lowest BCUT2D eigenvalue weighted by Crippen LogP contribution is -2.04. The average molecular weight is 336 g/mol. The largest absolute Gasteiger partial charge is 0.497 e. The van der Waals surface area contributed by atoms with Crippen LogP contribution in [0, 0.1) is 0 Å². The molecule has 3 aromatic rings. The topological polar surface area (TPSA) is 81.5 Å². The van der Waals surface area contributed by atoms with Crippen molar-refractivity contribution in [3.05, 3.63) is 72.2 Å². The quantitative estimate of drug-likeness (QED) is 0.743. The van der Waals surface area contributed by atoms with Gasteiger partial charge in [0, 0.05) is 24.0 Å². The lowest BCUT2D eigenvalue weighted by Gasteiger charge is -2.09. The smallest absolute Gasteiger partial charge is 0.356 e. The fourth-order valence-corrected chi connectivity index (χ4v) is 2.32. The molecule has 2 aromatic carbocycles. The Labute approximate surface area is 144 Å². The Hall–Kier alpha value is -3.41. The van der Waals surface area contributed by atoms with E-state index in [9.17, 15) is 9.90 Å². The molecule has 0 aliphatic rings. The van der Waals surface area contributed by atoms with Crippen molar-refractivity contribution in [3.8, 4) is 22.8 Å². The Morgan fingerprint density at radius 1 is 1.04 bits per heavy atom. The molecule has 6 nitrogen and oxygen atoms in total. The highest BCUT2D eigenvalue weighted by atomic mass is 16.5. The van der Waals surface area contributed by atoms with E-state index in [1.165, 1.54) is 12.4 Å². The molecule has 1 heterocycles. The molecule has 6 heteroatoms. The van der Waals surface area contributed by atoms with Crippen LogP contribution in [0.1, 0.15) is 16.1 Å². The number of hydrogen-bond acceptors (Lipinski definition) is 5. The van der Waals surface area contributed by atoms with Crippen LogP contribution in [0.5, 0.6) is 11.5 Å². The number of aromatic nitrogens is 2.